The average Bonchev–Trinajstić information content (AvgIpc) is 2.16. The molecular weight excluding hydrogens is 150 g/mol. The second-order valence-electron chi connectivity index (χ2n) is 2.86. The molecule has 0 aliphatic rings. The fourth-order valence-corrected chi connectivity index (χ4v) is 0.902. The number of aliphatic hydroxyl groups excluding tert-OH is 1. The summed E-state index contributed by atoms with van der Waals surface area (Å²) in [5.41, 5.74) is 1.19. The number of hydrogen-bond donors (Lipinski definition) is 1. The molecule has 1 atom stereocenters. The van der Waals surface area contributed by atoms with Gasteiger partial charge in [0.1, 0.15) is 0 Å². The summed E-state index contributed by atoms with van der Waals surface area (Å²) in [4.78, 5) is 0. The maximum atomic E-state index is 8.72. The van der Waals surface area contributed by atoms with Gasteiger partial charge in [-0.3, -0.25) is 0 Å². The van der Waals surface area contributed by atoms with Gasteiger partial charge < -0.3 is 5.11 Å². The van der Waals surface area contributed by atoms with E-state index in [1.165, 1.54) is 5.56 Å². The van der Waals surface area contributed by atoms with Crippen molar-refractivity contribution in [2.24, 2.45) is 0 Å². The lowest BCUT2D eigenvalue weighted by Gasteiger charge is -2.07. The predicted molar refractivity (Wildman–Crippen MR) is 48.8 cm³/mol. The first-order chi connectivity index (χ1) is 5.83. The van der Waals surface area contributed by atoms with Crippen LogP contribution in [0.5, 0.6) is 0 Å². The first kappa shape index (κ1) is 9.23. The van der Waals surface area contributed by atoms with Crippen LogP contribution in [-0.2, 0) is 6.54 Å². The molecule has 1 aromatic carbocycles. The lowest BCUT2D eigenvalue weighted by Crippen LogP contribution is -2.21. The van der Waals surface area contributed by atoms with Crippen molar-refractivity contribution < 1.29 is 5.11 Å². The van der Waals surface area contributed by atoms with Crippen LogP contribution in [0.25, 0.3) is 0 Å². The molecule has 1 radical (unpaired) electrons. The van der Waals surface area contributed by atoms with Crippen LogP contribution >= 0.6 is 0 Å². The Morgan fingerprint density at radius 3 is 2.58 bits per heavy atom. The zero-order valence-electron chi connectivity index (χ0n) is 7.27. The Hall–Kier alpha value is -0.860. The quantitative estimate of drug-likeness (QED) is 0.712. The van der Waals surface area contributed by atoms with Crippen molar-refractivity contribution in [2.75, 3.05) is 6.61 Å². The zero-order chi connectivity index (χ0) is 8.81. The number of rotatable bonds is 4. The minimum absolute atomic E-state index is 0.0465. The van der Waals surface area contributed by atoms with Gasteiger partial charge in [0, 0.05) is 12.6 Å². The Kier molecular flexibility index (Phi) is 3.77. The van der Waals surface area contributed by atoms with Crippen molar-refractivity contribution >= 4 is 0 Å². The third kappa shape index (κ3) is 3.03. The number of aliphatic hydroxyl groups is 1. The Morgan fingerprint density at radius 1 is 1.33 bits per heavy atom. The van der Waals surface area contributed by atoms with Gasteiger partial charge in [-0.1, -0.05) is 30.3 Å². The molecule has 0 aliphatic heterocycles. The van der Waals surface area contributed by atoms with Crippen molar-refractivity contribution in [2.45, 2.75) is 19.5 Å². The largest absolute Gasteiger partial charge is 0.395 e. The molecule has 0 spiro atoms. The van der Waals surface area contributed by atoms with Gasteiger partial charge >= 0.3 is 0 Å². The summed E-state index contributed by atoms with van der Waals surface area (Å²) in [6.07, 6.45) is 0. The molecule has 0 aliphatic carbocycles. The van der Waals surface area contributed by atoms with Crippen molar-refractivity contribution in [1.82, 2.24) is 5.32 Å². The Morgan fingerprint density at radius 2 is 2.00 bits per heavy atom. The van der Waals surface area contributed by atoms with Crippen LogP contribution in [0.2, 0.25) is 0 Å². The summed E-state index contributed by atoms with van der Waals surface area (Å²) < 4.78 is 0. The molecular formula is C10H14NO. The molecule has 12 heavy (non-hydrogen) atoms. The lowest BCUT2D eigenvalue weighted by molar-refractivity contribution is 0.248. The van der Waals surface area contributed by atoms with Crippen LogP contribution in [0.4, 0.5) is 0 Å². The fourth-order valence-electron chi connectivity index (χ4n) is 0.902. The van der Waals surface area contributed by atoms with E-state index in [0.29, 0.717) is 6.54 Å². The normalized spacial score (nSPS) is 12.8. The first-order valence-corrected chi connectivity index (χ1v) is 4.14. The summed E-state index contributed by atoms with van der Waals surface area (Å²) >= 11 is 0. The van der Waals surface area contributed by atoms with E-state index in [9.17, 15) is 0 Å². The molecule has 1 unspecified atom stereocenters. The van der Waals surface area contributed by atoms with Crippen LogP contribution in [0, 0.1) is 0 Å². The van der Waals surface area contributed by atoms with Crippen LogP contribution in [0.3, 0.4) is 0 Å². The van der Waals surface area contributed by atoms with Gasteiger partial charge in [-0.25, -0.2) is 5.32 Å². The zero-order valence-corrected chi connectivity index (χ0v) is 7.27. The van der Waals surface area contributed by atoms with E-state index >= 15 is 0 Å². The monoisotopic (exact) mass is 164 g/mol. The van der Waals surface area contributed by atoms with E-state index in [2.05, 4.69) is 5.32 Å². The third-order valence-corrected chi connectivity index (χ3v) is 1.69. The number of nitrogens with zero attached hydrogens (tertiary/aromatic N) is 1. The van der Waals surface area contributed by atoms with E-state index in [4.69, 9.17) is 5.11 Å². The second kappa shape index (κ2) is 4.91. The predicted octanol–water partition coefficient (Wildman–Crippen LogP) is 1.17. The molecule has 1 N–H and O–H groups in total. The molecule has 0 heterocycles. The van der Waals surface area contributed by atoms with Gasteiger partial charge in [0.15, 0.2) is 0 Å². The molecule has 1 rings (SSSR count). The molecule has 0 aromatic heterocycles. The summed E-state index contributed by atoms with van der Waals surface area (Å²) in [6.45, 7) is 2.73. The van der Waals surface area contributed by atoms with Gasteiger partial charge in [-0.15, -0.1) is 0 Å². The SMILES string of the molecule is CC(CO)[N]Cc1ccccc1. The summed E-state index contributed by atoms with van der Waals surface area (Å²) in [5, 5.41) is 13.0. The van der Waals surface area contributed by atoms with Crippen molar-refractivity contribution in [3.8, 4) is 0 Å². The van der Waals surface area contributed by atoms with Gasteiger partial charge in [0.25, 0.3) is 0 Å². The van der Waals surface area contributed by atoms with Gasteiger partial charge in [-0.2, -0.15) is 0 Å². The van der Waals surface area contributed by atoms with Crippen LogP contribution < -0.4 is 5.32 Å². The molecule has 0 saturated carbocycles. The minimum Gasteiger partial charge on any atom is -0.395 e. The van der Waals surface area contributed by atoms with Crippen molar-refractivity contribution in [1.29, 1.82) is 0 Å². The van der Waals surface area contributed by atoms with E-state index < -0.39 is 0 Å². The van der Waals surface area contributed by atoms with Crippen LogP contribution in [0.15, 0.2) is 30.3 Å². The van der Waals surface area contributed by atoms with E-state index in [0.717, 1.165) is 0 Å². The molecule has 0 bridgehead atoms. The highest BCUT2D eigenvalue weighted by Gasteiger charge is 1.99. The molecule has 0 fully saturated rings. The lowest BCUT2D eigenvalue weighted by atomic mass is 10.2. The highest BCUT2D eigenvalue weighted by atomic mass is 16.3. The number of benzene rings is 1. The molecule has 0 amide bonds. The van der Waals surface area contributed by atoms with Crippen LogP contribution in [-0.4, -0.2) is 17.8 Å². The van der Waals surface area contributed by atoms with Crippen molar-refractivity contribution in [3.63, 3.8) is 0 Å². The Labute approximate surface area is 73.2 Å². The third-order valence-electron chi connectivity index (χ3n) is 1.69. The van der Waals surface area contributed by atoms with Crippen molar-refractivity contribution in [3.05, 3.63) is 35.9 Å². The molecule has 2 heteroatoms. The highest BCUT2D eigenvalue weighted by molar-refractivity contribution is 5.14. The van der Waals surface area contributed by atoms with Crippen LogP contribution in [0.1, 0.15) is 12.5 Å². The van der Waals surface area contributed by atoms with Gasteiger partial charge in [-0.05, 0) is 12.5 Å². The molecule has 65 valence electrons. The maximum Gasteiger partial charge on any atom is 0.0598 e. The Bertz CT molecular complexity index is 210. The van der Waals surface area contributed by atoms with Gasteiger partial charge in [0.05, 0.1) is 6.61 Å². The second-order valence-corrected chi connectivity index (χ2v) is 2.86. The highest BCUT2D eigenvalue weighted by Crippen LogP contribution is 1.98. The maximum absolute atomic E-state index is 8.72. The average molecular weight is 164 g/mol. The topological polar surface area (TPSA) is 34.3 Å². The molecule has 0 saturated heterocycles. The van der Waals surface area contributed by atoms with Gasteiger partial charge in [0.2, 0.25) is 0 Å². The smallest absolute Gasteiger partial charge is 0.0598 e. The van der Waals surface area contributed by atoms with E-state index in [1.54, 1.807) is 0 Å². The summed E-state index contributed by atoms with van der Waals surface area (Å²) in [6, 6.07) is 10.1. The van der Waals surface area contributed by atoms with E-state index in [1.807, 2.05) is 37.3 Å². The Balaban J connectivity index is 2.33. The number of hydrogen-bond acceptors (Lipinski definition) is 1. The minimum atomic E-state index is 0.0465. The molecule has 2 nitrogen and oxygen atoms in total. The summed E-state index contributed by atoms with van der Waals surface area (Å²) in [5.74, 6) is 0. The fraction of sp³-hybridized carbons (Fsp3) is 0.400. The summed E-state index contributed by atoms with van der Waals surface area (Å²) in [7, 11) is 0. The van der Waals surface area contributed by atoms with E-state index in [-0.39, 0.29) is 12.6 Å². The first-order valence-electron chi connectivity index (χ1n) is 4.14. The standard InChI is InChI=1S/C10H14NO/c1-9(8-12)11-7-10-5-3-2-4-6-10/h2-6,9,12H,7-8H2,1H3. The molecule has 1 aromatic rings.